The van der Waals surface area contributed by atoms with Crippen molar-refractivity contribution in [2.24, 2.45) is 0 Å². The predicted octanol–water partition coefficient (Wildman–Crippen LogP) is 2.67. The largest absolute Gasteiger partial charge is 0.378 e. The number of nitrogens with zero attached hydrogens (tertiary/aromatic N) is 1. The standard InChI is InChI=1S/C12H15NO2S3/c14-10(11-2-1-8-17-11)3-9-18-12(16)13-4-6-15-7-5-13/h1-2,8H,3-7,9H2. The van der Waals surface area contributed by atoms with Gasteiger partial charge in [-0.25, -0.2) is 0 Å². The summed E-state index contributed by atoms with van der Waals surface area (Å²) in [5, 5.41) is 1.93. The van der Waals surface area contributed by atoms with Crippen LogP contribution in [0.2, 0.25) is 0 Å². The number of carbonyl (C=O) groups excluding carboxylic acids is 1. The molecule has 98 valence electrons. The van der Waals surface area contributed by atoms with Gasteiger partial charge in [0.2, 0.25) is 0 Å². The number of thioether (sulfide) groups is 1. The van der Waals surface area contributed by atoms with Gasteiger partial charge in [0.05, 0.1) is 18.1 Å². The van der Waals surface area contributed by atoms with E-state index in [-0.39, 0.29) is 5.78 Å². The van der Waals surface area contributed by atoms with E-state index in [1.807, 2.05) is 17.5 Å². The number of Topliss-reactive ketones (excluding diaryl/α,β-unsaturated/α-hetero) is 1. The molecule has 3 nitrogen and oxygen atoms in total. The molecule has 1 aliphatic rings. The lowest BCUT2D eigenvalue weighted by Crippen LogP contribution is -2.38. The number of hydrogen-bond acceptors (Lipinski definition) is 5. The van der Waals surface area contributed by atoms with E-state index in [1.54, 1.807) is 11.8 Å². The van der Waals surface area contributed by atoms with Crippen molar-refractivity contribution in [2.75, 3.05) is 32.1 Å². The molecule has 0 bridgehead atoms. The SMILES string of the molecule is O=C(CCSC(=S)N1CCOCC1)c1cccs1. The highest BCUT2D eigenvalue weighted by molar-refractivity contribution is 8.22. The molecule has 1 aromatic rings. The Labute approximate surface area is 121 Å². The van der Waals surface area contributed by atoms with Gasteiger partial charge < -0.3 is 9.64 Å². The number of ketones is 1. The number of thiophene rings is 1. The molecule has 0 aromatic carbocycles. The zero-order valence-electron chi connectivity index (χ0n) is 9.96. The number of morpholine rings is 1. The van der Waals surface area contributed by atoms with Crippen molar-refractivity contribution in [2.45, 2.75) is 6.42 Å². The summed E-state index contributed by atoms with van der Waals surface area (Å²) in [6.45, 7) is 3.22. The van der Waals surface area contributed by atoms with E-state index in [2.05, 4.69) is 4.90 Å². The van der Waals surface area contributed by atoms with Crippen molar-refractivity contribution in [1.29, 1.82) is 0 Å². The lowest BCUT2D eigenvalue weighted by atomic mass is 10.3. The quantitative estimate of drug-likeness (QED) is 0.630. The van der Waals surface area contributed by atoms with E-state index in [9.17, 15) is 4.79 Å². The normalized spacial score (nSPS) is 15.7. The first-order valence-corrected chi connectivity index (χ1v) is 8.11. The van der Waals surface area contributed by atoms with E-state index in [0.717, 1.165) is 41.3 Å². The van der Waals surface area contributed by atoms with E-state index >= 15 is 0 Å². The fourth-order valence-electron chi connectivity index (χ4n) is 1.63. The maximum absolute atomic E-state index is 11.8. The topological polar surface area (TPSA) is 29.5 Å². The zero-order valence-corrected chi connectivity index (χ0v) is 12.4. The molecule has 0 radical (unpaired) electrons. The number of thiocarbonyl (C=S) groups is 1. The monoisotopic (exact) mass is 301 g/mol. The third kappa shape index (κ3) is 4.05. The van der Waals surface area contributed by atoms with Crippen molar-refractivity contribution in [1.82, 2.24) is 4.90 Å². The van der Waals surface area contributed by atoms with Crippen LogP contribution in [0.1, 0.15) is 16.1 Å². The highest BCUT2D eigenvalue weighted by Crippen LogP contribution is 2.16. The second-order valence-electron chi connectivity index (χ2n) is 3.86. The summed E-state index contributed by atoms with van der Waals surface area (Å²) in [6.07, 6.45) is 0.551. The second-order valence-corrected chi connectivity index (χ2v) is 6.54. The third-order valence-electron chi connectivity index (χ3n) is 2.62. The van der Waals surface area contributed by atoms with Gasteiger partial charge in [0.15, 0.2) is 5.78 Å². The molecule has 0 atom stereocenters. The molecular formula is C12H15NO2S3. The first kappa shape index (κ1) is 14.0. The van der Waals surface area contributed by atoms with Crippen molar-refractivity contribution in [3.8, 4) is 0 Å². The number of rotatable bonds is 4. The second kappa shape index (κ2) is 7.23. The fourth-order valence-corrected chi connectivity index (χ4v) is 3.58. The molecule has 0 unspecified atom stereocenters. The minimum Gasteiger partial charge on any atom is -0.378 e. The van der Waals surface area contributed by atoms with E-state index in [4.69, 9.17) is 17.0 Å². The van der Waals surface area contributed by atoms with Crippen LogP contribution < -0.4 is 0 Å². The molecule has 0 amide bonds. The Balaban J connectivity index is 1.68. The summed E-state index contributed by atoms with van der Waals surface area (Å²) in [5.74, 6) is 0.967. The van der Waals surface area contributed by atoms with Gasteiger partial charge in [-0.1, -0.05) is 30.0 Å². The van der Waals surface area contributed by atoms with Crippen LogP contribution in [0.15, 0.2) is 17.5 Å². The smallest absolute Gasteiger partial charge is 0.173 e. The molecule has 1 aliphatic heterocycles. The average molecular weight is 301 g/mol. The van der Waals surface area contributed by atoms with E-state index in [1.165, 1.54) is 11.3 Å². The fraction of sp³-hybridized carbons (Fsp3) is 0.500. The lowest BCUT2D eigenvalue weighted by Gasteiger charge is -2.28. The summed E-state index contributed by atoms with van der Waals surface area (Å²) in [5.41, 5.74) is 0. The van der Waals surface area contributed by atoms with Gasteiger partial charge in [-0.15, -0.1) is 11.3 Å². The number of ether oxygens (including phenoxy) is 1. The summed E-state index contributed by atoms with van der Waals surface area (Å²) in [6, 6.07) is 3.78. The highest BCUT2D eigenvalue weighted by atomic mass is 32.2. The first-order valence-electron chi connectivity index (χ1n) is 5.83. The molecule has 0 aliphatic carbocycles. The summed E-state index contributed by atoms with van der Waals surface area (Å²) >= 11 is 8.44. The molecule has 2 rings (SSSR count). The van der Waals surface area contributed by atoms with Crippen LogP contribution >= 0.6 is 35.3 Å². The van der Waals surface area contributed by atoms with Gasteiger partial charge in [0.25, 0.3) is 0 Å². The molecule has 1 aromatic heterocycles. The van der Waals surface area contributed by atoms with Crippen molar-refractivity contribution < 1.29 is 9.53 Å². The number of carbonyl (C=O) groups is 1. The van der Waals surface area contributed by atoms with Crippen molar-refractivity contribution in [3.05, 3.63) is 22.4 Å². The van der Waals surface area contributed by atoms with Gasteiger partial charge in [-0.2, -0.15) is 0 Å². The summed E-state index contributed by atoms with van der Waals surface area (Å²) in [4.78, 5) is 14.8. The first-order chi connectivity index (χ1) is 8.77. The maximum Gasteiger partial charge on any atom is 0.173 e. The van der Waals surface area contributed by atoms with Crippen LogP contribution in [0.3, 0.4) is 0 Å². The van der Waals surface area contributed by atoms with E-state index in [0.29, 0.717) is 6.42 Å². The Morgan fingerprint density at radius 3 is 2.94 bits per heavy atom. The van der Waals surface area contributed by atoms with Gasteiger partial charge >= 0.3 is 0 Å². The summed E-state index contributed by atoms with van der Waals surface area (Å²) < 4.78 is 6.16. The molecule has 0 N–H and O–H groups in total. The van der Waals surface area contributed by atoms with E-state index < -0.39 is 0 Å². The average Bonchev–Trinajstić information content (AvgIpc) is 2.93. The third-order valence-corrected chi connectivity index (χ3v) is 5.06. The number of hydrogen-bond donors (Lipinski definition) is 0. The molecule has 2 heterocycles. The molecule has 0 spiro atoms. The van der Waals surface area contributed by atoms with Gasteiger partial charge in [-0.05, 0) is 11.4 Å². The van der Waals surface area contributed by atoms with Crippen LogP contribution in [0.25, 0.3) is 0 Å². The van der Waals surface area contributed by atoms with Gasteiger partial charge in [0.1, 0.15) is 4.32 Å². The summed E-state index contributed by atoms with van der Waals surface area (Å²) in [7, 11) is 0. The molecule has 18 heavy (non-hydrogen) atoms. The van der Waals surface area contributed by atoms with Crippen LogP contribution in [0.5, 0.6) is 0 Å². The zero-order chi connectivity index (χ0) is 12.8. The Hall–Kier alpha value is -0.430. The molecule has 0 saturated carbocycles. The Morgan fingerprint density at radius 1 is 1.50 bits per heavy atom. The van der Waals surface area contributed by atoms with Crippen LogP contribution in [0.4, 0.5) is 0 Å². The van der Waals surface area contributed by atoms with Crippen LogP contribution in [-0.4, -0.2) is 47.1 Å². The Kier molecular flexibility index (Phi) is 5.62. The van der Waals surface area contributed by atoms with Gasteiger partial charge in [0, 0.05) is 25.3 Å². The molecule has 1 saturated heterocycles. The van der Waals surface area contributed by atoms with Gasteiger partial charge in [-0.3, -0.25) is 4.79 Å². The molecular weight excluding hydrogens is 286 g/mol. The van der Waals surface area contributed by atoms with Crippen LogP contribution in [0, 0.1) is 0 Å². The lowest BCUT2D eigenvalue weighted by molar-refractivity contribution is 0.0702. The van der Waals surface area contributed by atoms with Crippen molar-refractivity contribution >= 4 is 45.4 Å². The molecule has 1 fully saturated rings. The Bertz CT molecular complexity index is 399. The minimum atomic E-state index is 0.210. The highest BCUT2D eigenvalue weighted by Gasteiger charge is 2.14. The Morgan fingerprint density at radius 2 is 2.28 bits per heavy atom. The van der Waals surface area contributed by atoms with Crippen molar-refractivity contribution in [3.63, 3.8) is 0 Å². The van der Waals surface area contributed by atoms with Crippen LogP contribution in [-0.2, 0) is 4.74 Å². The maximum atomic E-state index is 11.8. The molecule has 6 heteroatoms. The predicted molar refractivity (Wildman–Crippen MR) is 80.7 cm³/mol. The minimum absolute atomic E-state index is 0.210.